The van der Waals surface area contributed by atoms with Crippen molar-refractivity contribution in [2.45, 2.75) is 26.9 Å². The fraction of sp³-hybridized carbons (Fsp3) is 0.192. The van der Waals surface area contributed by atoms with Crippen molar-refractivity contribution in [2.24, 2.45) is 0 Å². The van der Waals surface area contributed by atoms with Crippen LogP contribution in [0.15, 0.2) is 72.8 Å². The number of carbonyl (C=O) groups is 1. The molecule has 0 bridgehead atoms. The zero-order valence-corrected chi connectivity index (χ0v) is 19.7. The van der Waals surface area contributed by atoms with Crippen LogP contribution in [0.4, 0.5) is 5.69 Å². The van der Waals surface area contributed by atoms with E-state index in [1.807, 2.05) is 47.9 Å². The van der Waals surface area contributed by atoms with E-state index in [4.69, 9.17) is 22.1 Å². The number of Topliss-reactive ketones (excluding diaryl/α,β-unsaturated/α-hetero) is 1. The maximum absolute atomic E-state index is 12.9. The Hall–Kier alpha value is -3.71. The smallest absolute Gasteiger partial charge is 0.203 e. The van der Waals surface area contributed by atoms with Gasteiger partial charge in [0.05, 0.1) is 19.3 Å². The second kappa shape index (κ2) is 9.83. The molecule has 168 valence electrons. The number of ether oxygens (including phenoxy) is 1. The van der Waals surface area contributed by atoms with Crippen LogP contribution in [0.25, 0.3) is 5.69 Å². The molecule has 1 N–H and O–H groups in total. The van der Waals surface area contributed by atoms with Crippen LogP contribution in [-0.2, 0) is 13.1 Å². The molecule has 0 aliphatic rings. The Morgan fingerprint density at radius 2 is 1.70 bits per heavy atom. The summed E-state index contributed by atoms with van der Waals surface area (Å²) < 4.78 is 9.19. The highest BCUT2D eigenvalue weighted by Crippen LogP contribution is 2.19. The second-order valence-electron chi connectivity index (χ2n) is 7.85. The lowest BCUT2D eigenvalue weighted by molar-refractivity contribution is 0.0967. The number of hydrogen-bond acceptors (Lipinski definition) is 5. The molecule has 0 atom stereocenters. The number of benzene rings is 3. The summed E-state index contributed by atoms with van der Waals surface area (Å²) in [6.45, 7) is 4.61. The fourth-order valence-electron chi connectivity index (χ4n) is 3.58. The highest BCUT2D eigenvalue weighted by atomic mass is 32.1. The summed E-state index contributed by atoms with van der Waals surface area (Å²) >= 11 is 5.77. The molecule has 0 spiro atoms. The Morgan fingerprint density at radius 3 is 2.36 bits per heavy atom. The van der Waals surface area contributed by atoms with Crippen LogP contribution >= 0.6 is 12.2 Å². The molecule has 6 nitrogen and oxygen atoms in total. The molecule has 0 aliphatic carbocycles. The number of rotatable bonds is 8. The maximum Gasteiger partial charge on any atom is 0.203 e. The van der Waals surface area contributed by atoms with Crippen LogP contribution in [0.5, 0.6) is 5.75 Å². The molecule has 0 fully saturated rings. The molecule has 0 amide bonds. The molecular formula is C26H26N4O2S. The molecule has 0 aliphatic heterocycles. The maximum atomic E-state index is 12.9. The molecule has 0 saturated heterocycles. The largest absolute Gasteiger partial charge is 0.497 e. The highest BCUT2D eigenvalue weighted by Gasteiger charge is 2.17. The Kier molecular flexibility index (Phi) is 6.70. The van der Waals surface area contributed by atoms with Crippen LogP contribution in [0.1, 0.15) is 27.3 Å². The Balaban J connectivity index is 1.66. The number of nitrogens with zero attached hydrogens (tertiary/aromatic N) is 3. The number of methoxy groups -OCH3 is 1. The van der Waals surface area contributed by atoms with Crippen molar-refractivity contribution in [2.75, 3.05) is 12.4 Å². The Labute approximate surface area is 198 Å². The molecule has 33 heavy (non-hydrogen) atoms. The zero-order valence-electron chi connectivity index (χ0n) is 18.9. The molecule has 4 rings (SSSR count). The van der Waals surface area contributed by atoms with E-state index in [0.29, 0.717) is 22.6 Å². The van der Waals surface area contributed by atoms with Crippen molar-refractivity contribution in [3.63, 3.8) is 0 Å². The summed E-state index contributed by atoms with van der Waals surface area (Å²) in [5.74, 6) is 1.37. The van der Waals surface area contributed by atoms with Gasteiger partial charge in [-0.25, -0.2) is 4.68 Å². The summed E-state index contributed by atoms with van der Waals surface area (Å²) in [4.78, 5) is 12.9. The molecule has 3 aromatic carbocycles. The summed E-state index contributed by atoms with van der Waals surface area (Å²) in [6, 6.07) is 23.2. The average Bonchev–Trinajstić information content (AvgIpc) is 3.13. The van der Waals surface area contributed by atoms with Gasteiger partial charge in [0.2, 0.25) is 4.77 Å². The van der Waals surface area contributed by atoms with E-state index in [9.17, 15) is 4.79 Å². The lowest BCUT2D eigenvalue weighted by Gasteiger charge is -2.11. The monoisotopic (exact) mass is 458 g/mol. The van der Waals surface area contributed by atoms with Gasteiger partial charge in [0, 0.05) is 11.3 Å². The van der Waals surface area contributed by atoms with E-state index in [2.05, 4.69) is 24.4 Å². The van der Waals surface area contributed by atoms with E-state index in [-0.39, 0.29) is 12.3 Å². The predicted octanol–water partition coefficient (Wildman–Crippen LogP) is 5.52. The first-order valence-corrected chi connectivity index (χ1v) is 11.1. The number of anilines is 1. The van der Waals surface area contributed by atoms with Crippen molar-refractivity contribution in [1.82, 2.24) is 14.3 Å². The highest BCUT2D eigenvalue weighted by molar-refractivity contribution is 7.71. The molecule has 0 unspecified atom stereocenters. The van der Waals surface area contributed by atoms with Crippen LogP contribution in [-0.4, -0.2) is 27.2 Å². The van der Waals surface area contributed by atoms with Gasteiger partial charge in [-0.3, -0.25) is 9.36 Å². The lowest BCUT2D eigenvalue weighted by Crippen LogP contribution is -2.12. The van der Waals surface area contributed by atoms with E-state index in [0.717, 1.165) is 22.8 Å². The molecule has 0 radical (unpaired) electrons. The van der Waals surface area contributed by atoms with Gasteiger partial charge in [-0.05, 0) is 74.1 Å². The van der Waals surface area contributed by atoms with Gasteiger partial charge in [0.25, 0.3) is 0 Å². The number of ketones is 1. The number of aryl methyl sites for hydroxylation is 2. The number of hydrogen-bond donors (Lipinski definition) is 1. The van der Waals surface area contributed by atoms with E-state index >= 15 is 0 Å². The third-order valence-electron chi connectivity index (χ3n) is 5.47. The quantitative estimate of drug-likeness (QED) is 0.278. The van der Waals surface area contributed by atoms with Gasteiger partial charge >= 0.3 is 0 Å². The third-order valence-corrected chi connectivity index (χ3v) is 5.86. The molecular weight excluding hydrogens is 432 g/mol. The minimum Gasteiger partial charge on any atom is -0.497 e. The number of aromatic nitrogens is 3. The summed E-state index contributed by atoms with van der Waals surface area (Å²) in [6.07, 6.45) is 0. The van der Waals surface area contributed by atoms with Crippen molar-refractivity contribution in [3.8, 4) is 11.4 Å². The van der Waals surface area contributed by atoms with Gasteiger partial charge in [-0.15, -0.1) is 0 Å². The van der Waals surface area contributed by atoms with Crippen LogP contribution in [0.2, 0.25) is 0 Å². The van der Waals surface area contributed by atoms with Crippen molar-refractivity contribution in [3.05, 3.63) is 100 Å². The van der Waals surface area contributed by atoms with Crippen LogP contribution < -0.4 is 10.1 Å². The Bertz CT molecular complexity index is 1320. The molecule has 1 aromatic heterocycles. The molecule has 7 heteroatoms. The normalized spacial score (nSPS) is 10.8. The van der Waals surface area contributed by atoms with Crippen LogP contribution in [0.3, 0.4) is 0 Å². The minimum absolute atomic E-state index is 0.0571. The molecule has 0 saturated carbocycles. The second-order valence-corrected chi connectivity index (χ2v) is 8.21. The van der Waals surface area contributed by atoms with Gasteiger partial charge in [-0.1, -0.05) is 35.9 Å². The van der Waals surface area contributed by atoms with Gasteiger partial charge in [0.1, 0.15) is 12.3 Å². The first-order valence-electron chi connectivity index (χ1n) is 10.7. The van der Waals surface area contributed by atoms with E-state index in [1.54, 1.807) is 36.1 Å². The Morgan fingerprint density at radius 1 is 1.00 bits per heavy atom. The fourth-order valence-corrected chi connectivity index (χ4v) is 3.89. The minimum atomic E-state index is -0.0683. The van der Waals surface area contributed by atoms with Crippen molar-refractivity contribution >= 4 is 23.7 Å². The summed E-state index contributed by atoms with van der Waals surface area (Å²) in [7, 11) is 1.60. The van der Waals surface area contributed by atoms with Crippen molar-refractivity contribution in [1.29, 1.82) is 0 Å². The van der Waals surface area contributed by atoms with Crippen LogP contribution in [0, 0.1) is 18.6 Å². The van der Waals surface area contributed by atoms with Crippen molar-refractivity contribution < 1.29 is 9.53 Å². The summed E-state index contributed by atoms with van der Waals surface area (Å²) in [5.41, 5.74) is 4.80. The predicted molar refractivity (Wildman–Crippen MR) is 133 cm³/mol. The number of carbonyl (C=O) groups excluding carboxylic acids is 1. The molecule has 1 heterocycles. The number of nitrogens with one attached hydrogen (secondary N) is 1. The average molecular weight is 459 g/mol. The lowest BCUT2D eigenvalue weighted by atomic mass is 10.1. The number of para-hydroxylation sites is 1. The summed E-state index contributed by atoms with van der Waals surface area (Å²) in [5, 5.41) is 8.14. The van der Waals surface area contributed by atoms with Gasteiger partial charge in [0.15, 0.2) is 11.6 Å². The third kappa shape index (κ3) is 5.04. The molecule has 4 aromatic rings. The topological polar surface area (TPSA) is 61.1 Å². The zero-order chi connectivity index (χ0) is 23.4. The van der Waals surface area contributed by atoms with Gasteiger partial charge < -0.3 is 10.1 Å². The SMILES string of the molecule is COc1ccc(C(=O)Cn2nc(CNc3ccc(C)cc3)n(-c3ccccc3C)c2=S)cc1. The first kappa shape index (κ1) is 22.5. The van der Waals surface area contributed by atoms with Gasteiger partial charge in [-0.2, -0.15) is 5.10 Å². The van der Waals surface area contributed by atoms with E-state index < -0.39 is 0 Å². The standard InChI is InChI=1S/C26H26N4O2S/c1-18-8-12-21(13-9-18)27-16-25-28-29(17-24(31)20-10-14-22(32-3)15-11-20)26(33)30(25)23-7-5-4-6-19(23)2/h4-15,27H,16-17H2,1-3H3. The first-order chi connectivity index (χ1) is 16.0. The van der Waals surface area contributed by atoms with E-state index in [1.165, 1.54) is 5.56 Å².